The summed E-state index contributed by atoms with van der Waals surface area (Å²) in [6.45, 7) is 7.03. The van der Waals surface area contributed by atoms with E-state index in [4.69, 9.17) is 13.9 Å². The first-order valence-corrected chi connectivity index (χ1v) is 10.2. The maximum atomic E-state index is 12.5. The van der Waals surface area contributed by atoms with Crippen LogP contribution in [-0.4, -0.2) is 69.1 Å². The van der Waals surface area contributed by atoms with Crippen molar-refractivity contribution in [3.8, 4) is 11.5 Å². The summed E-state index contributed by atoms with van der Waals surface area (Å²) in [6.07, 6.45) is 4.05. The maximum Gasteiger partial charge on any atom is 0.289 e. The highest BCUT2D eigenvalue weighted by Gasteiger charge is 2.25. The number of hydrogen-bond acceptors (Lipinski definition) is 5. The molecule has 0 aliphatic carbocycles. The summed E-state index contributed by atoms with van der Waals surface area (Å²) in [7, 11) is 5.04. The highest BCUT2D eigenvalue weighted by molar-refractivity contribution is 5.91. The largest absolute Gasteiger partial charge is 0.493 e. The molecule has 1 aliphatic rings. The number of aliphatic imine (C=N–C) groups is 1. The van der Waals surface area contributed by atoms with Crippen LogP contribution in [0.3, 0.4) is 0 Å². The van der Waals surface area contributed by atoms with Crippen molar-refractivity contribution >= 4 is 11.9 Å². The number of nitrogens with one attached hydrogen (secondary N) is 1. The van der Waals surface area contributed by atoms with Crippen LogP contribution in [0.1, 0.15) is 21.7 Å². The van der Waals surface area contributed by atoms with Crippen LogP contribution >= 0.6 is 0 Å². The van der Waals surface area contributed by atoms with Crippen molar-refractivity contribution in [3.63, 3.8) is 0 Å². The van der Waals surface area contributed by atoms with E-state index in [1.54, 1.807) is 38.3 Å². The Labute approximate surface area is 183 Å². The summed E-state index contributed by atoms with van der Waals surface area (Å²) in [5.74, 6) is 2.52. The second-order valence-electron chi connectivity index (χ2n) is 7.14. The molecule has 0 atom stereocenters. The smallest absolute Gasteiger partial charge is 0.289 e. The first-order chi connectivity index (χ1) is 15.1. The summed E-state index contributed by atoms with van der Waals surface area (Å²) < 4.78 is 16.2. The molecule has 1 saturated heterocycles. The third-order valence-corrected chi connectivity index (χ3v) is 5.24. The molecule has 1 fully saturated rings. The van der Waals surface area contributed by atoms with Crippen molar-refractivity contribution in [2.75, 3.05) is 47.4 Å². The number of guanidine groups is 1. The maximum absolute atomic E-state index is 12.5. The van der Waals surface area contributed by atoms with Crippen LogP contribution < -0.4 is 14.8 Å². The highest BCUT2D eigenvalue weighted by atomic mass is 16.5. The molecule has 2 heterocycles. The summed E-state index contributed by atoms with van der Waals surface area (Å²) in [5.41, 5.74) is 2.08. The lowest BCUT2D eigenvalue weighted by Gasteiger charge is -2.36. The van der Waals surface area contributed by atoms with E-state index >= 15 is 0 Å². The second kappa shape index (κ2) is 10.6. The number of ether oxygens (including phenoxy) is 2. The topological polar surface area (TPSA) is 79.5 Å². The predicted octanol–water partition coefficient (Wildman–Crippen LogP) is 2.56. The molecular formula is C23H30N4O4. The molecule has 8 nitrogen and oxygen atoms in total. The number of methoxy groups -OCH3 is 2. The van der Waals surface area contributed by atoms with Gasteiger partial charge in [-0.25, -0.2) is 0 Å². The Morgan fingerprint density at radius 2 is 1.97 bits per heavy atom. The summed E-state index contributed by atoms with van der Waals surface area (Å²) in [6, 6.07) is 7.47. The fourth-order valence-corrected chi connectivity index (χ4v) is 3.71. The van der Waals surface area contributed by atoms with Gasteiger partial charge in [0.2, 0.25) is 0 Å². The summed E-state index contributed by atoms with van der Waals surface area (Å²) >= 11 is 0. The van der Waals surface area contributed by atoms with Crippen LogP contribution in [0.2, 0.25) is 0 Å². The Balaban J connectivity index is 1.62. The minimum Gasteiger partial charge on any atom is -0.493 e. The number of allylic oxidation sites excluding steroid dienone is 1. The van der Waals surface area contributed by atoms with Crippen LogP contribution in [0, 0.1) is 0 Å². The number of furan rings is 1. The number of carbonyl (C=O) groups is 1. The van der Waals surface area contributed by atoms with Gasteiger partial charge >= 0.3 is 0 Å². The first-order valence-electron chi connectivity index (χ1n) is 10.2. The number of piperazine rings is 1. The first kappa shape index (κ1) is 22.3. The standard InChI is InChI=1S/C23H30N4O4/c1-5-7-18-14-17(15-20(29-3)21(18)30-4)16-25-23(24-2)27-11-9-26(10-12-27)22(28)19-8-6-13-31-19/h5-6,8,13-15H,1,7,9-12,16H2,2-4H3,(H,24,25). The normalized spacial score (nSPS) is 14.4. The zero-order valence-corrected chi connectivity index (χ0v) is 18.4. The lowest BCUT2D eigenvalue weighted by molar-refractivity contribution is 0.0657. The van der Waals surface area contributed by atoms with Crippen LogP contribution in [0.25, 0.3) is 0 Å². The highest BCUT2D eigenvalue weighted by Crippen LogP contribution is 2.33. The fourth-order valence-electron chi connectivity index (χ4n) is 3.71. The third-order valence-electron chi connectivity index (χ3n) is 5.24. The van der Waals surface area contributed by atoms with E-state index in [2.05, 4.69) is 27.9 Å². The molecule has 166 valence electrons. The Kier molecular flexibility index (Phi) is 7.59. The molecule has 31 heavy (non-hydrogen) atoms. The number of nitrogens with zero attached hydrogens (tertiary/aromatic N) is 3. The Hall–Kier alpha value is -3.42. The van der Waals surface area contributed by atoms with E-state index in [1.807, 2.05) is 12.1 Å². The van der Waals surface area contributed by atoms with E-state index in [0.717, 1.165) is 22.8 Å². The Morgan fingerprint density at radius 1 is 1.23 bits per heavy atom. The monoisotopic (exact) mass is 426 g/mol. The van der Waals surface area contributed by atoms with Crippen LogP contribution in [-0.2, 0) is 13.0 Å². The predicted molar refractivity (Wildman–Crippen MR) is 120 cm³/mol. The molecule has 0 bridgehead atoms. The molecule has 1 amide bonds. The molecule has 2 aromatic rings. The van der Waals surface area contributed by atoms with E-state index in [0.29, 0.717) is 50.7 Å². The molecule has 0 radical (unpaired) electrons. The summed E-state index contributed by atoms with van der Waals surface area (Å²) in [4.78, 5) is 20.8. The van der Waals surface area contributed by atoms with Crippen molar-refractivity contribution in [3.05, 3.63) is 60.1 Å². The van der Waals surface area contributed by atoms with Crippen LogP contribution in [0.4, 0.5) is 0 Å². The minimum absolute atomic E-state index is 0.0762. The number of carbonyl (C=O) groups excluding carboxylic acids is 1. The van der Waals surface area contributed by atoms with Crippen molar-refractivity contribution in [2.45, 2.75) is 13.0 Å². The van der Waals surface area contributed by atoms with Gasteiger partial charge < -0.3 is 29.0 Å². The molecule has 1 N–H and O–H groups in total. The van der Waals surface area contributed by atoms with Crippen molar-refractivity contribution in [1.82, 2.24) is 15.1 Å². The van der Waals surface area contributed by atoms with Gasteiger partial charge in [-0.15, -0.1) is 6.58 Å². The molecule has 1 aliphatic heterocycles. The lowest BCUT2D eigenvalue weighted by Crippen LogP contribution is -2.53. The number of benzene rings is 1. The van der Waals surface area contributed by atoms with E-state index in [-0.39, 0.29) is 5.91 Å². The quantitative estimate of drug-likeness (QED) is 0.416. The van der Waals surface area contributed by atoms with Gasteiger partial charge in [0, 0.05) is 45.3 Å². The van der Waals surface area contributed by atoms with Crippen LogP contribution in [0.5, 0.6) is 11.5 Å². The van der Waals surface area contributed by atoms with Crippen molar-refractivity contribution in [2.24, 2.45) is 4.99 Å². The van der Waals surface area contributed by atoms with Gasteiger partial charge in [0.05, 0.1) is 20.5 Å². The van der Waals surface area contributed by atoms with Gasteiger partial charge in [-0.2, -0.15) is 0 Å². The Bertz CT molecular complexity index is 916. The van der Waals surface area contributed by atoms with Gasteiger partial charge in [0.15, 0.2) is 23.2 Å². The number of amides is 1. The zero-order valence-electron chi connectivity index (χ0n) is 18.4. The van der Waals surface area contributed by atoms with E-state index in [1.165, 1.54) is 6.26 Å². The lowest BCUT2D eigenvalue weighted by atomic mass is 10.1. The summed E-state index contributed by atoms with van der Waals surface area (Å²) in [5, 5.41) is 3.42. The van der Waals surface area contributed by atoms with E-state index < -0.39 is 0 Å². The van der Waals surface area contributed by atoms with E-state index in [9.17, 15) is 4.79 Å². The van der Waals surface area contributed by atoms with Gasteiger partial charge in [0.25, 0.3) is 5.91 Å². The zero-order chi connectivity index (χ0) is 22.2. The second-order valence-corrected chi connectivity index (χ2v) is 7.14. The molecule has 8 heteroatoms. The van der Waals surface area contributed by atoms with Gasteiger partial charge in [0.1, 0.15) is 0 Å². The number of rotatable bonds is 7. The number of hydrogen-bond donors (Lipinski definition) is 1. The van der Waals surface area contributed by atoms with Gasteiger partial charge in [-0.1, -0.05) is 6.08 Å². The average molecular weight is 427 g/mol. The molecule has 1 aromatic carbocycles. The van der Waals surface area contributed by atoms with Crippen molar-refractivity contribution in [1.29, 1.82) is 0 Å². The Morgan fingerprint density at radius 3 is 2.55 bits per heavy atom. The third kappa shape index (κ3) is 5.20. The van der Waals surface area contributed by atoms with Gasteiger partial charge in [-0.3, -0.25) is 9.79 Å². The molecule has 0 saturated carbocycles. The average Bonchev–Trinajstić information content (AvgIpc) is 3.34. The SMILES string of the molecule is C=CCc1cc(CNC(=NC)N2CCN(C(=O)c3ccco3)CC2)cc(OC)c1OC. The molecule has 1 aromatic heterocycles. The minimum atomic E-state index is -0.0762. The van der Waals surface area contributed by atoms with Crippen LogP contribution in [0.15, 0.2) is 52.6 Å². The molecule has 0 unspecified atom stereocenters. The van der Waals surface area contributed by atoms with Gasteiger partial charge in [-0.05, 0) is 36.2 Å². The fraction of sp³-hybridized carbons (Fsp3) is 0.391. The molecule has 3 rings (SSSR count). The molecule has 0 spiro atoms. The molecular weight excluding hydrogens is 396 g/mol. The van der Waals surface area contributed by atoms with Crippen molar-refractivity contribution < 1.29 is 18.7 Å².